The molecule has 0 aromatic heterocycles. The fourth-order valence-electron chi connectivity index (χ4n) is 1.49. The highest BCUT2D eigenvalue weighted by Crippen LogP contribution is 2.13. The lowest BCUT2D eigenvalue weighted by Crippen LogP contribution is -2.32. The number of nitrogens with zero attached hydrogens (tertiary/aromatic N) is 1. The molecular weight excluding hydrogens is 232 g/mol. The van der Waals surface area contributed by atoms with Gasteiger partial charge < -0.3 is 15.3 Å². The maximum Gasteiger partial charge on any atom is 0.321 e. The highest BCUT2D eigenvalue weighted by molar-refractivity contribution is 5.89. The van der Waals surface area contributed by atoms with Crippen molar-refractivity contribution in [3.63, 3.8) is 0 Å². The highest BCUT2D eigenvalue weighted by atomic mass is 16.4. The Morgan fingerprint density at radius 3 is 2.61 bits per heavy atom. The molecule has 5 nitrogen and oxygen atoms in total. The highest BCUT2D eigenvalue weighted by Gasteiger charge is 2.10. The van der Waals surface area contributed by atoms with E-state index in [1.54, 1.807) is 7.05 Å². The Balaban J connectivity index is 2.45. The molecule has 0 atom stereocenters. The summed E-state index contributed by atoms with van der Waals surface area (Å²) >= 11 is 0. The van der Waals surface area contributed by atoms with E-state index < -0.39 is 5.97 Å². The van der Waals surface area contributed by atoms with Crippen LogP contribution in [-0.4, -0.2) is 35.6 Å². The van der Waals surface area contributed by atoms with Gasteiger partial charge in [-0.2, -0.15) is 0 Å². The van der Waals surface area contributed by atoms with E-state index in [0.717, 1.165) is 11.3 Å². The van der Waals surface area contributed by atoms with Crippen molar-refractivity contribution in [2.75, 3.05) is 18.9 Å². The minimum Gasteiger partial charge on any atom is -0.481 e. The Bertz CT molecular complexity index is 432. The fraction of sp³-hybridized carbons (Fsp3) is 0.385. The van der Waals surface area contributed by atoms with Gasteiger partial charge in [0.15, 0.2) is 0 Å². The standard InChI is InChI=1S/C13H18N2O3/c1-10-6-3-4-7-11(10)14-13(18)15(2)9-5-8-12(16)17/h3-4,6-7H,5,8-9H2,1-2H3,(H,14,18)(H,16,17). The zero-order valence-corrected chi connectivity index (χ0v) is 10.6. The number of hydrogen-bond acceptors (Lipinski definition) is 2. The van der Waals surface area contributed by atoms with Crippen molar-refractivity contribution in [1.29, 1.82) is 0 Å². The molecule has 0 radical (unpaired) electrons. The van der Waals surface area contributed by atoms with Gasteiger partial charge in [0, 0.05) is 25.7 Å². The predicted octanol–water partition coefficient (Wildman–Crippen LogP) is 2.32. The van der Waals surface area contributed by atoms with Gasteiger partial charge in [-0.05, 0) is 25.0 Å². The molecule has 0 heterocycles. The Kier molecular flexibility index (Phi) is 5.17. The number of hydrogen-bond donors (Lipinski definition) is 2. The third-order valence-corrected chi connectivity index (χ3v) is 2.62. The van der Waals surface area contributed by atoms with Gasteiger partial charge in [-0.25, -0.2) is 4.79 Å². The van der Waals surface area contributed by atoms with E-state index in [0.29, 0.717) is 13.0 Å². The first-order valence-corrected chi connectivity index (χ1v) is 5.80. The van der Waals surface area contributed by atoms with Gasteiger partial charge in [0.2, 0.25) is 0 Å². The van der Waals surface area contributed by atoms with Crippen LogP contribution in [0.2, 0.25) is 0 Å². The molecule has 2 amide bonds. The second kappa shape index (κ2) is 6.64. The van der Waals surface area contributed by atoms with Crippen molar-refractivity contribution < 1.29 is 14.7 Å². The van der Waals surface area contributed by atoms with Crippen LogP contribution in [0.15, 0.2) is 24.3 Å². The van der Waals surface area contributed by atoms with E-state index in [1.807, 2.05) is 31.2 Å². The second-order valence-electron chi connectivity index (χ2n) is 4.16. The fourth-order valence-corrected chi connectivity index (χ4v) is 1.49. The molecule has 0 unspecified atom stereocenters. The first kappa shape index (κ1) is 14.0. The summed E-state index contributed by atoms with van der Waals surface area (Å²) in [6, 6.07) is 7.28. The summed E-state index contributed by atoms with van der Waals surface area (Å²) < 4.78 is 0. The van der Waals surface area contributed by atoms with Crippen LogP contribution in [0, 0.1) is 6.92 Å². The number of anilines is 1. The van der Waals surface area contributed by atoms with Crippen molar-refractivity contribution in [2.45, 2.75) is 19.8 Å². The SMILES string of the molecule is Cc1ccccc1NC(=O)N(C)CCCC(=O)O. The normalized spacial score (nSPS) is 9.89. The van der Waals surface area contributed by atoms with Gasteiger partial charge in [0.1, 0.15) is 0 Å². The molecule has 0 saturated heterocycles. The summed E-state index contributed by atoms with van der Waals surface area (Å²) in [5, 5.41) is 11.3. The largest absolute Gasteiger partial charge is 0.481 e. The summed E-state index contributed by atoms with van der Waals surface area (Å²) in [7, 11) is 1.65. The number of urea groups is 1. The molecule has 1 rings (SSSR count). The Morgan fingerprint density at radius 1 is 1.33 bits per heavy atom. The molecule has 0 aliphatic heterocycles. The van der Waals surface area contributed by atoms with E-state index in [4.69, 9.17) is 5.11 Å². The molecule has 5 heteroatoms. The number of carboxylic acids is 1. The Labute approximate surface area is 106 Å². The maximum absolute atomic E-state index is 11.8. The lowest BCUT2D eigenvalue weighted by molar-refractivity contribution is -0.137. The number of carboxylic acid groups (broad SMARTS) is 1. The molecule has 18 heavy (non-hydrogen) atoms. The molecule has 0 bridgehead atoms. The van der Waals surface area contributed by atoms with E-state index in [-0.39, 0.29) is 12.5 Å². The zero-order valence-electron chi connectivity index (χ0n) is 10.6. The number of aryl methyl sites for hydroxylation is 1. The average molecular weight is 250 g/mol. The number of rotatable bonds is 5. The van der Waals surface area contributed by atoms with Gasteiger partial charge in [-0.3, -0.25) is 4.79 Å². The molecule has 0 aliphatic carbocycles. The third-order valence-electron chi connectivity index (χ3n) is 2.62. The number of nitrogens with one attached hydrogen (secondary N) is 1. The lowest BCUT2D eigenvalue weighted by Gasteiger charge is -2.18. The second-order valence-corrected chi connectivity index (χ2v) is 4.16. The molecule has 1 aromatic carbocycles. The quantitative estimate of drug-likeness (QED) is 0.842. The van der Waals surface area contributed by atoms with E-state index in [2.05, 4.69) is 5.32 Å². The van der Waals surface area contributed by atoms with Gasteiger partial charge >= 0.3 is 12.0 Å². The predicted molar refractivity (Wildman–Crippen MR) is 69.7 cm³/mol. The van der Waals surface area contributed by atoms with E-state index >= 15 is 0 Å². The summed E-state index contributed by atoms with van der Waals surface area (Å²) in [6.45, 7) is 2.34. The first-order chi connectivity index (χ1) is 8.50. The maximum atomic E-state index is 11.8. The van der Waals surface area contributed by atoms with Gasteiger partial charge in [0.25, 0.3) is 0 Å². The Morgan fingerprint density at radius 2 is 2.00 bits per heavy atom. The number of para-hydroxylation sites is 1. The average Bonchev–Trinajstić information content (AvgIpc) is 2.31. The molecule has 0 aliphatic rings. The third kappa shape index (κ3) is 4.45. The van der Waals surface area contributed by atoms with Crippen molar-refractivity contribution >= 4 is 17.7 Å². The van der Waals surface area contributed by atoms with Crippen molar-refractivity contribution in [2.24, 2.45) is 0 Å². The smallest absolute Gasteiger partial charge is 0.321 e. The topological polar surface area (TPSA) is 69.6 Å². The summed E-state index contributed by atoms with van der Waals surface area (Å²) in [4.78, 5) is 23.7. The van der Waals surface area contributed by atoms with Crippen LogP contribution in [0.3, 0.4) is 0 Å². The van der Waals surface area contributed by atoms with Crippen LogP contribution in [0.1, 0.15) is 18.4 Å². The summed E-state index contributed by atoms with van der Waals surface area (Å²) in [5.41, 5.74) is 1.76. The van der Waals surface area contributed by atoms with Crippen molar-refractivity contribution in [1.82, 2.24) is 4.90 Å². The molecule has 0 fully saturated rings. The monoisotopic (exact) mass is 250 g/mol. The zero-order chi connectivity index (χ0) is 13.5. The van der Waals surface area contributed by atoms with E-state index in [9.17, 15) is 9.59 Å². The minimum absolute atomic E-state index is 0.0714. The van der Waals surface area contributed by atoms with Crippen LogP contribution >= 0.6 is 0 Å². The molecule has 98 valence electrons. The number of aliphatic carboxylic acids is 1. The lowest BCUT2D eigenvalue weighted by atomic mass is 10.2. The van der Waals surface area contributed by atoms with Crippen molar-refractivity contribution in [3.8, 4) is 0 Å². The number of carbonyl (C=O) groups is 2. The molecule has 2 N–H and O–H groups in total. The molecule has 1 aromatic rings. The van der Waals surface area contributed by atoms with Gasteiger partial charge in [0.05, 0.1) is 0 Å². The van der Waals surface area contributed by atoms with Crippen LogP contribution in [0.4, 0.5) is 10.5 Å². The summed E-state index contributed by atoms with van der Waals surface area (Å²) in [6.07, 6.45) is 0.523. The van der Waals surface area contributed by atoms with Gasteiger partial charge in [-0.1, -0.05) is 18.2 Å². The van der Waals surface area contributed by atoms with Crippen LogP contribution in [0.25, 0.3) is 0 Å². The van der Waals surface area contributed by atoms with E-state index in [1.165, 1.54) is 4.90 Å². The Hall–Kier alpha value is -2.04. The first-order valence-electron chi connectivity index (χ1n) is 5.80. The van der Waals surface area contributed by atoms with Crippen molar-refractivity contribution in [3.05, 3.63) is 29.8 Å². The minimum atomic E-state index is -0.845. The number of benzene rings is 1. The van der Waals surface area contributed by atoms with Crippen LogP contribution < -0.4 is 5.32 Å². The summed E-state index contributed by atoms with van der Waals surface area (Å²) in [5.74, 6) is -0.845. The number of carbonyl (C=O) groups excluding carboxylic acids is 1. The molecule has 0 saturated carbocycles. The van der Waals surface area contributed by atoms with Gasteiger partial charge in [-0.15, -0.1) is 0 Å². The molecular formula is C13H18N2O3. The molecule has 0 spiro atoms. The van der Waals surface area contributed by atoms with Crippen LogP contribution in [-0.2, 0) is 4.79 Å². The number of amides is 2. The van der Waals surface area contributed by atoms with Crippen LogP contribution in [0.5, 0.6) is 0 Å².